The molecule has 0 radical (unpaired) electrons. The van der Waals surface area contributed by atoms with Gasteiger partial charge in [-0.3, -0.25) is 4.98 Å². The van der Waals surface area contributed by atoms with Gasteiger partial charge in [-0.25, -0.2) is 4.39 Å². The van der Waals surface area contributed by atoms with Crippen LogP contribution in [0.25, 0.3) is 11.1 Å². The lowest BCUT2D eigenvalue weighted by molar-refractivity contribution is 0.265. The highest BCUT2D eigenvalue weighted by atomic mass is 19.1. The summed E-state index contributed by atoms with van der Waals surface area (Å²) >= 11 is 0. The van der Waals surface area contributed by atoms with E-state index in [1.807, 2.05) is 12.1 Å². The molecule has 0 saturated carbocycles. The number of pyridine rings is 1. The van der Waals surface area contributed by atoms with Crippen molar-refractivity contribution in [2.45, 2.75) is 32.9 Å². The van der Waals surface area contributed by atoms with Gasteiger partial charge >= 0.3 is 0 Å². The summed E-state index contributed by atoms with van der Waals surface area (Å²) in [4.78, 5) is 3.87. The quantitative estimate of drug-likeness (QED) is 0.917. The van der Waals surface area contributed by atoms with Gasteiger partial charge in [-0.15, -0.1) is 0 Å². The minimum Gasteiger partial charge on any atom is -0.492 e. The largest absolute Gasteiger partial charge is 0.492 e. The van der Waals surface area contributed by atoms with Crippen molar-refractivity contribution in [3.8, 4) is 22.6 Å². The number of nitrogens with zero attached hydrogens (tertiary/aromatic N) is 1. The summed E-state index contributed by atoms with van der Waals surface area (Å²) in [6.07, 6.45) is 3.77. The van der Waals surface area contributed by atoms with Crippen molar-refractivity contribution >= 4 is 0 Å². The fourth-order valence-electron chi connectivity index (χ4n) is 2.84. The molecule has 5 heteroatoms. The molecule has 1 aliphatic heterocycles. The Hall–Kier alpha value is -2.14. The highest BCUT2D eigenvalue weighted by molar-refractivity contribution is 5.75. The number of hydrogen-bond acceptors (Lipinski definition) is 4. The average Bonchev–Trinajstić information content (AvgIpc) is 2.52. The topological polar surface area (TPSA) is 57.4 Å². The number of fused-ring (bicyclic) bond motifs is 3. The first-order valence-electron chi connectivity index (χ1n) is 7.82. The molecule has 2 aromatic rings. The lowest BCUT2D eigenvalue weighted by Gasteiger charge is -2.22. The molecule has 1 atom stereocenters. The van der Waals surface area contributed by atoms with Gasteiger partial charge in [0, 0.05) is 35.0 Å². The fraction of sp³-hybridized carbons (Fsp3) is 0.389. The molecule has 4 nitrogen and oxygen atoms in total. The van der Waals surface area contributed by atoms with E-state index in [4.69, 9.17) is 15.2 Å². The summed E-state index contributed by atoms with van der Waals surface area (Å²) in [5.74, 6) is 1.51. The van der Waals surface area contributed by atoms with Gasteiger partial charge in [0.25, 0.3) is 0 Å². The molecule has 0 aliphatic carbocycles. The van der Waals surface area contributed by atoms with Crippen LogP contribution in [0.3, 0.4) is 0 Å². The van der Waals surface area contributed by atoms with Crippen LogP contribution in [0.4, 0.5) is 4.39 Å². The molecule has 2 N–H and O–H groups in total. The smallest absolute Gasteiger partial charge is 0.149 e. The molecule has 0 bridgehead atoms. The van der Waals surface area contributed by atoms with Crippen molar-refractivity contribution in [2.24, 2.45) is 11.7 Å². The van der Waals surface area contributed by atoms with Crippen LogP contribution in [0.5, 0.6) is 11.5 Å². The maximum Gasteiger partial charge on any atom is 0.149 e. The van der Waals surface area contributed by atoms with Crippen LogP contribution in [0, 0.1) is 11.7 Å². The molecule has 0 amide bonds. The summed E-state index contributed by atoms with van der Waals surface area (Å²) in [6.45, 7) is 5.02. The van der Waals surface area contributed by atoms with Crippen molar-refractivity contribution in [2.75, 3.05) is 6.61 Å². The van der Waals surface area contributed by atoms with E-state index in [1.54, 1.807) is 12.3 Å². The predicted molar refractivity (Wildman–Crippen MR) is 86.9 cm³/mol. The van der Waals surface area contributed by atoms with Crippen LogP contribution < -0.4 is 15.2 Å². The van der Waals surface area contributed by atoms with Gasteiger partial charge in [0.1, 0.15) is 30.5 Å². The van der Waals surface area contributed by atoms with E-state index in [1.165, 1.54) is 6.20 Å². The number of nitrogens with two attached hydrogens (primary N) is 1. The summed E-state index contributed by atoms with van der Waals surface area (Å²) in [5, 5.41) is 0. The predicted octanol–water partition coefficient (Wildman–Crippen LogP) is 3.53. The monoisotopic (exact) mass is 316 g/mol. The maximum atomic E-state index is 14.1. The molecule has 3 rings (SSSR count). The number of aromatic nitrogens is 1. The van der Waals surface area contributed by atoms with E-state index in [2.05, 4.69) is 18.8 Å². The lowest BCUT2D eigenvalue weighted by Crippen LogP contribution is -2.29. The molecule has 0 spiro atoms. The van der Waals surface area contributed by atoms with E-state index in [0.29, 0.717) is 36.2 Å². The van der Waals surface area contributed by atoms with E-state index in [9.17, 15) is 4.39 Å². The third-order valence-electron chi connectivity index (χ3n) is 3.82. The van der Waals surface area contributed by atoms with Gasteiger partial charge in [0.05, 0.1) is 6.20 Å². The van der Waals surface area contributed by atoms with Crippen molar-refractivity contribution in [1.82, 2.24) is 4.98 Å². The molecular weight excluding hydrogens is 295 g/mol. The second-order valence-corrected chi connectivity index (χ2v) is 6.30. The number of benzene rings is 1. The van der Waals surface area contributed by atoms with Crippen LogP contribution in [0.2, 0.25) is 0 Å². The van der Waals surface area contributed by atoms with E-state index < -0.39 is 0 Å². The number of hydrogen-bond donors (Lipinski definition) is 1. The Morgan fingerprint density at radius 1 is 1.35 bits per heavy atom. The highest BCUT2D eigenvalue weighted by Crippen LogP contribution is 2.40. The van der Waals surface area contributed by atoms with E-state index in [-0.39, 0.29) is 11.9 Å². The minimum absolute atomic E-state index is 0.00352. The Morgan fingerprint density at radius 2 is 2.17 bits per heavy atom. The van der Waals surface area contributed by atoms with Gasteiger partial charge in [-0.2, -0.15) is 0 Å². The van der Waals surface area contributed by atoms with Crippen molar-refractivity contribution in [3.05, 3.63) is 42.0 Å². The number of halogens is 1. The lowest BCUT2D eigenvalue weighted by atomic mass is 9.98. The summed E-state index contributed by atoms with van der Waals surface area (Å²) in [6, 6.07) is 5.43. The molecular formula is C18H21FN2O2. The first kappa shape index (κ1) is 15.7. The second-order valence-electron chi connectivity index (χ2n) is 6.30. The first-order chi connectivity index (χ1) is 11.0. The van der Waals surface area contributed by atoms with Crippen LogP contribution in [0.15, 0.2) is 30.6 Å². The average molecular weight is 316 g/mol. The molecule has 0 fully saturated rings. The third-order valence-corrected chi connectivity index (χ3v) is 3.82. The zero-order chi connectivity index (χ0) is 16.4. The number of ether oxygens (including phenoxy) is 2. The summed E-state index contributed by atoms with van der Waals surface area (Å²) in [7, 11) is 0. The van der Waals surface area contributed by atoms with E-state index >= 15 is 0 Å². The summed E-state index contributed by atoms with van der Waals surface area (Å²) in [5.41, 5.74) is 8.07. The van der Waals surface area contributed by atoms with Gasteiger partial charge in [0.2, 0.25) is 0 Å². The first-order valence-corrected chi connectivity index (χ1v) is 7.82. The van der Waals surface area contributed by atoms with Crippen LogP contribution >= 0.6 is 0 Å². The molecule has 1 aromatic heterocycles. The fourth-order valence-corrected chi connectivity index (χ4v) is 2.84. The Balaban J connectivity index is 1.78. The van der Waals surface area contributed by atoms with Gasteiger partial charge < -0.3 is 15.2 Å². The van der Waals surface area contributed by atoms with Gasteiger partial charge in [0.15, 0.2) is 0 Å². The number of rotatable bonds is 5. The zero-order valence-electron chi connectivity index (χ0n) is 13.4. The highest BCUT2D eigenvalue weighted by Gasteiger charge is 2.21. The third kappa shape index (κ3) is 3.45. The Morgan fingerprint density at radius 3 is 2.96 bits per heavy atom. The van der Waals surface area contributed by atoms with Crippen LogP contribution in [-0.4, -0.2) is 17.6 Å². The standard InChI is InChI=1S/C18H21FN2O2/c1-11(2)5-13(20)10-22-14-3-4-15-17(6-14)23-9-12-7-21-8-16(19)18(12)15/h3-4,6-8,11,13H,5,9-10,20H2,1-2H3/t13-/m0/s1. The minimum atomic E-state index is -0.334. The molecule has 1 aromatic carbocycles. The van der Waals surface area contributed by atoms with Crippen LogP contribution in [-0.2, 0) is 6.61 Å². The van der Waals surface area contributed by atoms with Gasteiger partial charge in [-0.05, 0) is 24.5 Å². The molecule has 1 aliphatic rings. The zero-order valence-corrected chi connectivity index (χ0v) is 13.4. The second kappa shape index (κ2) is 6.54. The van der Waals surface area contributed by atoms with Crippen molar-refractivity contribution in [3.63, 3.8) is 0 Å². The summed E-state index contributed by atoms with van der Waals surface area (Å²) < 4.78 is 25.5. The molecule has 0 unspecified atom stereocenters. The van der Waals surface area contributed by atoms with Crippen molar-refractivity contribution < 1.29 is 13.9 Å². The Kier molecular flexibility index (Phi) is 4.48. The maximum absolute atomic E-state index is 14.1. The van der Waals surface area contributed by atoms with Crippen molar-refractivity contribution in [1.29, 1.82) is 0 Å². The SMILES string of the molecule is CC(C)C[C@H](N)COc1ccc2c(c1)OCc1cncc(F)c1-2. The molecule has 23 heavy (non-hydrogen) atoms. The molecule has 122 valence electrons. The normalized spacial score (nSPS) is 14.0. The molecule has 2 heterocycles. The Bertz CT molecular complexity index is 703. The molecule has 0 saturated heterocycles. The Labute approximate surface area is 135 Å². The van der Waals surface area contributed by atoms with Gasteiger partial charge in [-0.1, -0.05) is 13.8 Å². The van der Waals surface area contributed by atoms with Crippen LogP contribution in [0.1, 0.15) is 25.8 Å². The van der Waals surface area contributed by atoms with E-state index in [0.717, 1.165) is 17.5 Å².